The summed E-state index contributed by atoms with van der Waals surface area (Å²) in [4.78, 5) is 4.76. The van der Waals surface area contributed by atoms with E-state index in [-0.39, 0.29) is 0 Å². The van der Waals surface area contributed by atoms with Crippen molar-refractivity contribution in [3.8, 4) is 0 Å². The maximum absolute atomic E-state index is 3.49. The van der Waals surface area contributed by atoms with Gasteiger partial charge in [-0.25, -0.2) is 0 Å². The predicted octanol–water partition coefficient (Wildman–Crippen LogP) is 0.478. The molecule has 1 aliphatic rings. The summed E-state index contributed by atoms with van der Waals surface area (Å²) < 4.78 is 0. The highest BCUT2D eigenvalue weighted by Crippen LogP contribution is 2.17. The largest absolute Gasteiger partial charge is 0.315 e. The van der Waals surface area contributed by atoms with Crippen LogP contribution in [0.3, 0.4) is 0 Å². The van der Waals surface area contributed by atoms with Crippen molar-refractivity contribution in [2.45, 2.75) is 19.4 Å². The molecule has 84 valence electrons. The van der Waals surface area contributed by atoms with Crippen LogP contribution in [0.4, 0.5) is 0 Å². The van der Waals surface area contributed by atoms with Crippen molar-refractivity contribution in [1.82, 2.24) is 15.1 Å². The van der Waals surface area contributed by atoms with Gasteiger partial charge in [0.1, 0.15) is 0 Å². The lowest BCUT2D eigenvalue weighted by Crippen LogP contribution is -2.41. The first kappa shape index (κ1) is 12.0. The Morgan fingerprint density at radius 3 is 2.43 bits per heavy atom. The summed E-state index contributed by atoms with van der Waals surface area (Å²) >= 11 is 0. The highest BCUT2D eigenvalue weighted by atomic mass is 15.2. The van der Waals surface area contributed by atoms with Crippen molar-refractivity contribution < 1.29 is 0 Å². The van der Waals surface area contributed by atoms with Crippen LogP contribution in [0.1, 0.15) is 13.3 Å². The van der Waals surface area contributed by atoms with Crippen LogP contribution in [0.25, 0.3) is 0 Å². The number of hydrogen-bond acceptors (Lipinski definition) is 3. The van der Waals surface area contributed by atoms with Crippen LogP contribution in [0.15, 0.2) is 0 Å². The number of rotatable bonds is 5. The minimum atomic E-state index is 0.750. The van der Waals surface area contributed by atoms with Gasteiger partial charge in [0.15, 0.2) is 0 Å². The first-order valence-corrected chi connectivity index (χ1v) is 5.70. The summed E-state index contributed by atoms with van der Waals surface area (Å²) in [5.41, 5.74) is 0. The van der Waals surface area contributed by atoms with E-state index in [2.05, 4.69) is 43.2 Å². The van der Waals surface area contributed by atoms with Crippen LogP contribution in [0, 0.1) is 5.92 Å². The van der Waals surface area contributed by atoms with Crippen LogP contribution in [0.2, 0.25) is 0 Å². The van der Waals surface area contributed by atoms with Gasteiger partial charge in [0.2, 0.25) is 0 Å². The van der Waals surface area contributed by atoms with Crippen molar-refractivity contribution in [2.75, 3.05) is 47.3 Å². The minimum Gasteiger partial charge on any atom is -0.315 e. The van der Waals surface area contributed by atoms with E-state index >= 15 is 0 Å². The Balaban J connectivity index is 2.31. The normalized spacial score (nSPS) is 27.9. The SMILES string of the molecule is CCC1CNCC1N(C)CCN(C)C. The van der Waals surface area contributed by atoms with Gasteiger partial charge in [0, 0.05) is 25.7 Å². The summed E-state index contributed by atoms with van der Waals surface area (Å²) in [6, 6.07) is 0.750. The van der Waals surface area contributed by atoms with Crippen LogP contribution in [-0.4, -0.2) is 63.2 Å². The summed E-state index contributed by atoms with van der Waals surface area (Å²) in [6.07, 6.45) is 1.30. The Bertz CT molecular complexity index is 159. The Morgan fingerprint density at radius 2 is 1.86 bits per heavy atom. The third kappa shape index (κ3) is 3.23. The van der Waals surface area contributed by atoms with E-state index in [4.69, 9.17) is 0 Å². The van der Waals surface area contributed by atoms with E-state index in [9.17, 15) is 0 Å². The average molecular weight is 199 g/mol. The lowest BCUT2D eigenvalue weighted by atomic mass is 10.00. The van der Waals surface area contributed by atoms with Crippen LogP contribution < -0.4 is 5.32 Å². The highest BCUT2D eigenvalue weighted by molar-refractivity contribution is 4.86. The Kier molecular flexibility index (Phi) is 4.85. The van der Waals surface area contributed by atoms with Crippen LogP contribution >= 0.6 is 0 Å². The van der Waals surface area contributed by atoms with E-state index in [1.54, 1.807) is 0 Å². The molecule has 1 fully saturated rings. The fourth-order valence-corrected chi connectivity index (χ4v) is 2.18. The van der Waals surface area contributed by atoms with E-state index in [1.165, 1.54) is 26.1 Å². The molecular weight excluding hydrogens is 174 g/mol. The van der Waals surface area contributed by atoms with Crippen molar-refractivity contribution >= 4 is 0 Å². The Hall–Kier alpha value is -0.120. The second kappa shape index (κ2) is 5.69. The van der Waals surface area contributed by atoms with Gasteiger partial charge in [0.25, 0.3) is 0 Å². The molecule has 3 nitrogen and oxygen atoms in total. The van der Waals surface area contributed by atoms with E-state index < -0.39 is 0 Å². The molecule has 14 heavy (non-hydrogen) atoms. The fourth-order valence-electron chi connectivity index (χ4n) is 2.18. The van der Waals surface area contributed by atoms with Gasteiger partial charge >= 0.3 is 0 Å². The molecule has 1 aliphatic heterocycles. The molecule has 1 heterocycles. The molecule has 0 saturated carbocycles. The molecule has 0 amide bonds. The molecule has 0 bridgehead atoms. The molecule has 0 aromatic carbocycles. The smallest absolute Gasteiger partial charge is 0.0258 e. The van der Waals surface area contributed by atoms with Gasteiger partial charge in [-0.15, -0.1) is 0 Å². The first-order chi connectivity index (χ1) is 6.65. The molecular formula is C11H25N3. The summed E-state index contributed by atoms with van der Waals surface area (Å²) in [6.45, 7) is 7.00. The quantitative estimate of drug-likeness (QED) is 0.695. The predicted molar refractivity (Wildman–Crippen MR) is 61.6 cm³/mol. The van der Waals surface area contributed by atoms with Gasteiger partial charge in [0.05, 0.1) is 0 Å². The zero-order valence-corrected chi connectivity index (χ0v) is 10.1. The van der Waals surface area contributed by atoms with E-state index in [0.717, 1.165) is 18.5 Å². The zero-order chi connectivity index (χ0) is 10.6. The van der Waals surface area contributed by atoms with Gasteiger partial charge in [-0.2, -0.15) is 0 Å². The van der Waals surface area contributed by atoms with Crippen molar-refractivity contribution in [2.24, 2.45) is 5.92 Å². The number of nitrogens with one attached hydrogen (secondary N) is 1. The third-order valence-electron chi connectivity index (χ3n) is 3.29. The van der Waals surface area contributed by atoms with Crippen molar-refractivity contribution in [3.05, 3.63) is 0 Å². The molecule has 0 spiro atoms. The molecule has 2 atom stereocenters. The third-order valence-corrected chi connectivity index (χ3v) is 3.29. The summed E-state index contributed by atoms with van der Waals surface area (Å²) in [5.74, 6) is 0.849. The molecule has 1 saturated heterocycles. The maximum Gasteiger partial charge on any atom is 0.0258 e. The van der Waals surface area contributed by atoms with E-state index in [0.29, 0.717) is 0 Å². The molecule has 1 rings (SSSR count). The molecule has 3 heteroatoms. The van der Waals surface area contributed by atoms with Gasteiger partial charge < -0.3 is 15.1 Å². The van der Waals surface area contributed by atoms with Crippen LogP contribution in [-0.2, 0) is 0 Å². The van der Waals surface area contributed by atoms with Gasteiger partial charge in [-0.3, -0.25) is 0 Å². The second-order valence-electron chi connectivity index (χ2n) is 4.68. The highest BCUT2D eigenvalue weighted by Gasteiger charge is 2.28. The Morgan fingerprint density at radius 1 is 1.14 bits per heavy atom. The molecule has 1 N–H and O–H groups in total. The lowest BCUT2D eigenvalue weighted by Gasteiger charge is -2.29. The van der Waals surface area contributed by atoms with Crippen molar-refractivity contribution in [3.63, 3.8) is 0 Å². The molecule has 0 radical (unpaired) electrons. The standard InChI is InChI=1S/C11H25N3/c1-5-10-8-12-9-11(10)14(4)7-6-13(2)3/h10-12H,5-9H2,1-4H3. The van der Waals surface area contributed by atoms with E-state index in [1.807, 2.05) is 0 Å². The summed E-state index contributed by atoms with van der Waals surface area (Å²) in [5, 5.41) is 3.49. The Labute approximate surface area is 88.5 Å². The van der Waals surface area contributed by atoms with Crippen molar-refractivity contribution in [1.29, 1.82) is 0 Å². The minimum absolute atomic E-state index is 0.750. The summed E-state index contributed by atoms with van der Waals surface area (Å²) in [7, 11) is 6.53. The first-order valence-electron chi connectivity index (χ1n) is 5.70. The lowest BCUT2D eigenvalue weighted by molar-refractivity contribution is 0.190. The molecule has 0 aromatic heterocycles. The topological polar surface area (TPSA) is 18.5 Å². The fraction of sp³-hybridized carbons (Fsp3) is 1.00. The van der Waals surface area contributed by atoms with Crippen LogP contribution in [0.5, 0.6) is 0 Å². The number of nitrogens with zero attached hydrogens (tertiary/aromatic N) is 2. The second-order valence-corrected chi connectivity index (χ2v) is 4.68. The monoisotopic (exact) mass is 199 g/mol. The van der Waals surface area contributed by atoms with Gasteiger partial charge in [-0.1, -0.05) is 13.3 Å². The number of hydrogen-bond donors (Lipinski definition) is 1. The van der Waals surface area contributed by atoms with Gasteiger partial charge in [-0.05, 0) is 33.6 Å². The molecule has 2 unspecified atom stereocenters. The molecule has 0 aromatic rings. The molecule has 0 aliphatic carbocycles. The average Bonchev–Trinajstić information content (AvgIpc) is 2.61. The zero-order valence-electron chi connectivity index (χ0n) is 10.1. The number of likely N-dealkylation sites (N-methyl/N-ethyl adjacent to an activating group) is 2. The maximum atomic E-state index is 3.49.